The van der Waals surface area contributed by atoms with Crippen molar-refractivity contribution in [1.29, 1.82) is 0 Å². The molecule has 0 saturated carbocycles. The van der Waals surface area contributed by atoms with Gasteiger partial charge in [0.15, 0.2) is 11.3 Å². The first-order chi connectivity index (χ1) is 13.5. The third-order valence-electron chi connectivity index (χ3n) is 4.25. The highest BCUT2D eigenvalue weighted by Gasteiger charge is 2.21. The molecule has 140 valence electrons. The number of carbonyl (C=O) groups is 2. The third-order valence-corrected chi connectivity index (χ3v) is 5.89. The van der Waals surface area contributed by atoms with Crippen LogP contribution in [0.5, 0.6) is 0 Å². The first kappa shape index (κ1) is 18.4. The van der Waals surface area contributed by atoms with Gasteiger partial charge in [0.2, 0.25) is 0 Å². The van der Waals surface area contributed by atoms with Crippen LogP contribution in [0.3, 0.4) is 0 Å². The van der Waals surface area contributed by atoms with E-state index in [-0.39, 0.29) is 17.2 Å². The van der Waals surface area contributed by atoms with E-state index < -0.39 is 5.91 Å². The number of imidazole rings is 1. The Hall–Kier alpha value is -2.97. The molecule has 0 spiro atoms. The van der Waals surface area contributed by atoms with Gasteiger partial charge < -0.3 is 11.1 Å². The molecule has 2 amide bonds. The Bertz CT molecular complexity index is 1170. The maximum atomic E-state index is 12.6. The van der Waals surface area contributed by atoms with Crippen molar-refractivity contribution < 1.29 is 9.59 Å². The van der Waals surface area contributed by atoms with Crippen LogP contribution in [-0.4, -0.2) is 21.2 Å². The lowest BCUT2D eigenvalue weighted by molar-refractivity contribution is 0.0944. The summed E-state index contributed by atoms with van der Waals surface area (Å²) in [5.41, 5.74) is 8.08. The smallest absolute Gasteiger partial charge is 0.273 e. The van der Waals surface area contributed by atoms with Crippen LogP contribution in [0, 0.1) is 0 Å². The zero-order chi connectivity index (χ0) is 19.7. The van der Waals surface area contributed by atoms with Crippen molar-refractivity contribution in [2.24, 2.45) is 5.73 Å². The highest BCUT2D eigenvalue weighted by Crippen LogP contribution is 2.27. The predicted octanol–water partition coefficient (Wildman–Crippen LogP) is 3.85. The van der Waals surface area contributed by atoms with Gasteiger partial charge in [0.1, 0.15) is 4.60 Å². The number of fused-ring (bicyclic) bond motifs is 1. The minimum atomic E-state index is -0.606. The average Bonchev–Trinajstić information content (AvgIpc) is 3.34. The molecule has 0 bridgehead atoms. The third kappa shape index (κ3) is 3.44. The number of nitrogens with zero attached hydrogens (tertiary/aromatic N) is 2. The van der Waals surface area contributed by atoms with Crippen molar-refractivity contribution in [3.8, 4) is 11.1 Å². The Morgan fingerprint density at radius 3 is 2.61 bits per heavy atom. The van der Waals surface area contributed by atoms with Gasteiger partial charge in [0.25, 0.3) is 11.8 Å². The fourth-order valence-corrected chi connectivity index (χ4v) is 4.08. The van der Waals surface area contributed by atoms with Crippen LogP contribution in [0.4, 0.5) is 0 Å². The average molecular weight is 455 g/mol. The normalized spacial score (nSPS) is 10.9. The van der Waals surface area contributed by atoms with E-state index in [4.69, 9.17) is 5.73 Å². The first-order valence-electron chi connectivity index (χ1n) is 8.42. The summed E-state index contributed by atoms with van der Waals surface area (Å²) in [4.78, 5) is 30.1. The number of benzene rings is 1. The first-order valence-corrected chi connectivity index (χ1v) is 10.1. The molecule has 0 unspecified atom stereocenters. The molecule has 1 aromatic carbocycles. The highest BCUT2D eigenvalue weighted by atomic mass is 79.9. The van der Waals surface area contributed by atoms with Crippen LogP contribution in [0.15, 0.2) is 64.7 Å². The summed E-state index contributed by atoms with van der Waals surface area (Å²) in [6.45, 7) is 0.411. The maximum absolute atomic E-state index is 12.6. The van der Waals surface area contributed by atoms with Crippen LogP contribution in [0.1, 0.15) is 25.7 Å². The number of hydrogen-bond acceptors (Lipinski definition) is 4. The van der Waals surface area contributed by atoms with E-state index in [0.717, 1.165) is 16.0 Å². The van der Waals surface area contributed by atoms with Crippen LogP contribution in [0.25, 0.3) is 16.8 Å². The van der Waals surface area contributed by atoms with Crippen molar-refractivity contribution in [1.82, 2.24) is 14.7 Å². The van der Waals surface area contributed by atoms with Gasteiger partial charge in [0, 0.05) is 11.1 Å². The lowest BCUT2D eigenvalue weighted by Crippen LogP contribution is -2.23. The molecule has 0 atom stereocenters. The molecular formula is C20H15BrN4O2S. The summed E-state index contributed by atoms with van der Waals surface area (Å²) >= 11 is 5.01. The van der Waals surface area contributed by atoms with Crippen molar-refractivity contribution in [3.63, 3.8) is 0 Å². The molecular weight excluding hydrogens is 440 g/mol. The Morgan fingerprint density at radius 1 is 1.14 bits per heavy atom. The van der Waals surface area contributed by atoms with Crippen molar-refractivity contribution in [2.45, 2.75) is 6.54 Å². The SMILES string of the molecule is NC(=O)c1cc(-c2ccccc2)cn2c(Br)c(C(=O)NCc3cccs3)nc12. The number of halogens is 1. The van der Waals surface area contributed by atoms with Gasteiger partial charge in [-0.15, -0.1) is 11.3 Å². The molecule has 0 saturated heterocycles. The number of amides is 2. The lowest BCUT2D eigenvalue weighted by atomic mass is 10.1. The van der Waals surface area contributed by atoms with Gasteiger partial charge in [-0.05, 0) is 44.6 Å². The molecule has 0 aliphatic rings. The molecule has 0 fully saturated rings. The largest absolute Gasteiger partial charge is 0.365 e. The Kier molecular flexibility index (Phi) is 4.97. The van der Waals surface area contributed by atoms with Gasteiger partial charge in [-0.25, -0.2) is 4.98 Å². The predicted molar refractivity (Wildman–Crippen MR) is 112 cm³/mol. The number of nitrogens with two attached hydrogens (primary N) is 1. The monoisotopic (exact) mass is 454 g/mol. The number of primary amides is 1. The Labute approximate surface area is 173 Å². The van der Waals surface area contributed by atoms with Crippen LogP contribution in [0.2, 0.25) is 0 Å². The van der Waals surface area contributed by atoms with E-state index in [9.17, 15) is 9.59 Å². The summed E-state index contributed by atoms with van der Waals surface area (Å²) < 4.78 is 2.13. The maximum Gasteiger partial charge on any atom is 0.273 e. The molecule has 8 heteroatoms. The van der Waals surface area contributed by atoms with E-state index in [2.05, 4.69) is 26.2 Å². The zero-order valence-electron chi connectivity index (χ0n) is 14.6. The second kappa shape index (κ2) is 7.57. The molecule has 3 heterocycles. The van der Waals surface area contributed by atoms with Gasteiger partial charge in [-0.2, -0.15) is 0 Å². The zero-order valence-corrected chi connectivity index (χ0v) is 17.0. The summed E-state index contributed by atoms with van der Waals surface area (Å²) in [5, 5.41) is 4.80. The number of rotatable bonds is 5. The second-order valence-electron chi connectivity index (χ2n) is 6.08. The molecule has 3 aromatic heterocycles. The van der Waals surface area contributed by atoms with E-state index in [0.29, 0.717) is 16.8 Å². The van der Waals surface area contributed by atoms with E-state index in [1.807, 2.05) is 54.0 Å². The van der Waals surface area contributed by atoms with E-state index >= 15 is 0 Å². The summed E-state index contributed by atoms with van der Waals surface area (Å²) in [7, 11) is 0. The van der Waals surface area contributed by atoms with Crippen LogP contribution in [-0.2, 0) is 6.54 Å². The fraction of sp³-hybridized carbons (Fsp3) is 0.0500. The molecule has 4 aromatic rings. The summed E-state index contributed by atoms with van der Waals surface area (Å²) in [6.07, 6.45) is 1.82. The second-order valence-corrected chi connectivity index (χ2v) is 7.86. The van der Waals surface area contributed by atoms with E-state index in [1.54, 1.807) is 21.8 Å². The number of thiophene rings is 1. The molecule has 0 aliphatic heterocycles. The summed E-state index contributed by atoms with van der Waals surface area (Å²) in [6, 6.07) is 15.2. The summed E-state index contributed by atoms with van der Waals surface area (Å²) in [5.74, 6) is -0.938. The Balaban J connectivity index is 1.77. The minimum Gasteiger partial charge on any atom is -0.365 e. The molecule has 0 radical (unpaired) electrons. The molecule has 4 rings (SSSR count). The Morgan fingerprint density at radius 2 is 1.93 bits per heavy atom. The standard InChI is InChI=1S/C20H15BrN4O2S/c21-17-16(20(27)23-10-14-7-4-8-28-14)24-19-15(18(22)26)9-13(11-25(17)19)12-5-2-1-3-6-12/h1-9,11H,10H2,(H2,22,26)(H,23,27). The highest BCUT2D eigenvalue weighted by molar-refractivity contribution is 9.10. The lowest BCUT2D eigenvalue weighted by Gasteiger charge is -2.07. The number of carbonyl (C=O) groups excluding carboxylic acids is 2. The number of pyridine rings is 1. The van der Waals surface area contributed by atoms with E-state index in [1.165, 1.54) is 0 Å². The van der Waals surface area contributed by atoms with Crippen molar-refractivity contribution in [2.75, 3.05) is 0 Å². The minimum absolute atomic E-state index is 0.198. The van der Waals surface area contributed by atoms with Crippen molar-refractivity contribution in [3.05, 3.63) is 80.8 Å². The topological polar surface area (TPSA) is 89.5 Å². The quantitative estimate of drug-likeness (QED) is 0.479. The molecule has 6 nitrogen and oxygen atoms in total. The van der Waals surface area contributed by atoms with Crippen LogP contribution < -0.4 is 11.1 Å². The molecule has 0 aliphatic carbocycles. The number of nitrogens with one attached hydrogen (secondary N) is 1. The van der Waals surface area contributed by atoms with Gasteiger partial charge >= 0.3 is 0 Å². The molecule has 28 heavy (non-hydrogen) atoms. The molecule has 3 N–H and O–H groups in total. The van der Waals surface area contributed by atoms with Gasteiger partial charge in [-0.3, -0.25) is 14.0 Å². The van der Waals surface area contributed by atoms with Crippen LogP contribution >= 0.6 is 27.3 Å². The fourth-order valence-electron chi connectivity index (χ4n) is 2.90. The number of aromatic nitrogens is 2. The van der Waals surface area contributed by atoms with Crippen molar-refractivity contribution >= 4 is 44.7 Å². The van der Waals surface area contributed by atoms with Gasteiger partial charge in [0.05, 0.1) is 12.1 Å². The van der Waals surface area contributed by atoms with Gasteiger partial charge in [-0.1, -0.05) is 36.4 Å². The number of hydrogen-bond donors (Lipinski definition) is 2.